The van der Waals surface area contributed by atoms with Gasteiger partial charge in [-0.1, -0.05) is 35.4 Å². The molecule has 0 atom stereocenters. The van der Waals surface area contributed by atoms with E-state index in [1.807, 2.05) is 48.5 Å². The highest BCUT2D eigenvalue weighted by atomic mass is 16.5. The van der Waals surface area contributed by atoms with Gasteiger partial charge in [-0.25, -0.2) is 0 Å². The fourth-order valence-corrected chi connectivity index (χ4v) is 1.59. The van der Waals surface area contributed by atoms with E-state index in [0.717, 1.165) is 11.5 Å². The van der Waals surface area contributed by atoms with E-state index < -0.39 is 0 Å². The highest BCUT2D eigenvalue weighted by Gasteiger charge is 1.95. The smallest absolute Gasteiger partial charge is 0.122 e. The minimum absolute atomic E-state index is 0.553. The quantitative estimate of drug-likeness (QED) is 0.743. The molecule has 0 radical (unpaired) electrons. The Morgan fingerprint density at radius 2 is 0.944 bits per heavy atom. The summed E-state index contributed by atoms with van der Waals surface area (Å²) in [7, 11) is 0. The third-order valence-corrected chi connectivity index (χ3v) is 2.66. The molecule has 2 aromatic carbocycles. The molecule has 18 heavy (non-hydrogen) atoms. The summed E-state index contributed by atoms with van der Waals surface area (Å²) in [6, 6.07) is 16.0. The second-order valence-electron chi connectivity index (χ2n) is 4.32. The summed E-state index contributed by atoms with van der Waals surface area (Å²) < 4.78 is 11.2. The van der Waals surface area contributed by atoms with Gasteiger partial charge in [-0.3, -0.25) is 0 Å². The molecule has 2 nitrogen and oxygen atoms in total. The maximum Gasteiger partial charge on any atom is 0.122 e. The number of hydrogen-bond acceptors (Lipinski definition) is 2. The van der Waals surface area contributed by atoms with Crippen molar-refractivity contribution in [2.75, 3.05) is 13.2 Å². The predicted molar refractivity (Wildman–Crippen MR) is 73.3 cm³/mol. The Labute approximate surface area is 108 Å². The molecule has 0 aliphatic rings. The second kappa shape index (κ2) is 6.10. The fraction of sp³-hybridized carbons (Fsp3) is 0.250. The van der Waals surface area contributed by atoms with Crippen LogP contribution >= 0.6 is 0 Å². The van der Waals surface area contributed by atoms with Gasteiger partial charge in [0.15, 0.2) is 0 Å². The number of ether oxygens (including phenoxy) is 2. The first-order chi connectivity index (χ1) is 8.74. The Kier molecular flexibility index (Phi) is 4.24. The van der Waals surface area contributed by atoms with Crippen LogP contribution in [0.3, 0.4) is 0 Å². The van der Waals surface area contributed by atoms with Gasteiger partial charge in [0.2, 0.25) is 0 Å². The lowest BCUT2D eigenvalue weighted by molar-refractivity contribution is 0.217. The van der Waals surface area contributed by atoms with Crippen LogP contribution < -0.4 is 9.47 Å². The van der Waals surface area contributed by atoms with Gasteiger partial charge >= 0.3 is 0 Å². The fourth-order valence-electron chi connectivity index (χ4n) is 1.59. The van der Waals surface area contributed by atoms with Crippen molar-refractivity contribution in [3.05, 3.63) is 59.7 Å². The summed E-state index contributed by atoms with van der Waals surface area (Å²) in [5.41, 5.74) is 2.47. The zero-order valence-corrected chi connectivity index (χ0v) is 10.8. The zero-order chi connectivity index (χ0) is 12.8. The molecule has 2 rings (SSSR count). The van der Waals surface area contributed by atoms with Crippen molar-refractivity contribution in [3.8, 4) is 11.5 Å². The third kappa shape index (κ3) is 3.81. The van der Waals surface area contributed by atoms with Gasteiger partial charge in [0.25, 0.3) is 0 Å². The second-order valence-corrected chi connectivity index (χ2v) is 4.32. The molecule has 0 N–H and O–H groups in total. The molecular formula is C16H18O2. The Morgan fingerprint density at radius 3 is 1.28 bits per heavy atom. The van der Waals surface area contributed by atoms with Crippen LogP contribution in [-0.4, -0.2) is 13.2 Å². The summed E-state index contributed by atoms with van der Waals surface area (Å²) >= 11 is 0. The predicted octanol–water partition coefficient (Wildman–Crippen LogP) is 3.76. The third-order valence-electron chi connectivity index (χ3n) is 2.66. The average Bonchev–Trinajstić information content (AvgIpc) is 2.39. The van der Waals surface area contributed by atoms with E-state index in [-0.39, 0.29) is 0 Å². The van der Waals surface area contributed by atoms with Crippen LogP contribution in [0.4, 0.5) is 0 Å². The summed E-state index contributed by atoms with van der Waals surface area (Å²) in [5.74, 6) is 1.77. The van der Waals surface area contributed by atoms with Gasteiger partial charge < -0.3 is 9.47 Å². The molecule has 0 saturated heterocycles. The molecule has 0 spiro atoms. The van der Waals surface area contributed by atoms with Gasteiger partial charge in [-0.05, 0) is 38.1 Å². The molecule has 0 aliphatic heterocycles. The van der Waals surface area contributed by atoms with Gasteiger partial charge in [-0.2, -0.15) is 0 Å². The molecule has 94 valence electrons. The largest absolute Gasteiger partial charge is 0.490 e. The average molecular weight is 242 g/mol. The Hall–Kier alpha value is -1.96. The van der Waals surface area contributed by atoms with Crippen molar-refractivity contribution in [1.82, 2.24) is 0 Å². The minimum atomic E-state index is 0.553. The van der Waals surface area contributed by atoms with E-state index in [0.29, 0.717) is 13.2 Å². The summed E-state index contributed by atoms with van der Waals surface area (Å²) in [5, 5.41) is 0. The maximum atomic E-state index is 5.58. The van der Waals surface area contributed by atoms with Crippen LogP contribution in [0.5, 0.6) is 11.5 Å². The molecule has 2 heteroatoms. The molecule has 0 aliphatic carbocycles. The maximum absolute atomic E-state index is 5.58. The van der Waals surface area contributed by atoms with Gasteiger partial charge in [0, 0.05) is 0 Å². The highest BCUT2D eigenvalue weighted by molar-refractivity contribution is 5.27. The molecule has 0 unspecified atom stereocenters. The first kappa shape index (κ1) is 12.5. The van der Waals surface area contributed by atoms with Crippen molar-refractivity contribution >= 4 is 0 Å². The molecule has 0 heterocycles. The molecule has 0 bridgehead atoms. The number of benzene rings is 2. The Bertz CT molecular complexity index is 424. The first-order valence-electron chi connectivity index (χ1n) is 6.13. The summed E-state index contributed by atoms with van der Waals surface area (Å²) in [6.07, 6.45) is 0. The Balaban J connectivity index is 1.73. The van der Waals surface area contributed by atoms with Crippen molar-refractivity contribution in [2.24, 2.45) is 0 Å². The summed E-state index contributed by atoms with van der Waals surface area (Å²) in [4.78, 5) is 0. The summed E-state index contributed by atoms with van der Waals surface area (Å²) in [6.45, 7) is 5.22. The number of hydrogen-bond donors (Lipinski definition) is 0. The normalized spacial score (nSPS) is 10.1. The molecule has 0 saturated carbocycles. The van der Waals surface area contributed by atoms with Crippen molar-refractivity contribution in [1.29, 1.82) is 0 Å². The van der Waals surface area contributed by atoms with E-state index >= 15 is 0 Å². The van der Waals surface area contributed by atoms with Crippen molar-refractivity contribution in [2.45, 2.75) is 13.8 Å². The highest BCUT2D eigenvalue weighted by Crippen LogP contribution is 2.13. The van der Waals surface area contributed by atoms with E-state index in [2.05, 4.69) is 13.8 Å². The molecule has 2 aromatic rings. The Morgan fingerprint density at radius 1 is 0.611 bits per heavy atom. The van der Waals surface area contributed by atoms with E-state index in [4.69, 9.17) is 9.47 Å². The number of rotatable bonds is 5. The standard InChI is InChI=1S/C16H18O2/c1-13-3-7-15(8-4-13)17-11-12-18-16-9-5-14(2)6-10-16/h3-10H,11-12H2,1-2H3. The van der Waals surface area contributed by atoms with Gasteiger partial charge in [-0.15, -0.1) is 0 Å². The van der Waals surface area contributed by atoms with Crippen molar-refractivity contribution < 1.29 is 9.47 Å². The lowest BCUT2D eigenvalue weighted by atomic mass is 10.2. The van der Waals surface area contributed by atoms with E-state index in [1.54, 1.807) is 0 Å². The number of aryl methyl sites for hydroxylation is 2. The molecule has 0 aromatic heterocycles. The van der Waals surface area contributed by atoms with Crippen LogP contribution in [0.15, 0.2) is 48.5 Å². The van der Waals surface area contributed by atoms with Crippen LogP contribution in [0.1, 0.15) is 11.1 Å². The monoisotopic (exact) mass is 242 g/mol. The van der Waals surface area contributed by atoms with Crippen molar-refractivity contribution in [3.63, 3.8) is 0 Å². The van der Waals surface area contributed by atoms with Crippen LogP contribution in [0.2, 0.25) is 0 Å². The lowest BCUT2D eigenvalue weighted by Gasteiger charge is -2.08. The van der Waals surface area contributed by atoms with Crippen LogP contribution in [-0.2, 0) is 0 Å². The molecule has 0 fully saturated rings. The van der Waals surface area contributed by atoms with Crippen LogP contribution in [0.25, 0.3) is 0 Å². The van der Waals surface area contributed by atoms with Gasteiger partial charge in [0.1, 0.15) is 24.7 Å². The van der Waals surface area contributed by atoms with Crippen LogP contribution in [0, 0.1) is 13.8 Å². The van der Waals surface area contributed by atoms with Gasteiger partial charge in [0.05, 0.1) is 0 Å². The topological polar surface area (TPSA) is 18.5 Å². The lowest BCUT2D eigenvalue weighted by Crippen LogP contribution is -2.08. The first-order valence-corrected chi connectivity index (χ1v) is 6.13. The van der Waals surface area contributed by atoms with E-state index in [9.17, 15) is 0 Å². The minimum Gasteiger partial charge on any atom is -0.490 e. The zero-order valence-electron chi connectivity index (χ0n) is 10.8. The molecule has 0 amide bonds. The SMILES string of the molecule is Cc1ccc(OCCOc2ccc(C)cc2)cc1. The molecular weight excluding hydrogens is 224 g/mol. The van der Waals surface area contributed by atoms with E-state index in [1.165, 1.54) is 11.1 Å².